The lowest BCUT2D eigenvalue weighted by atomic mass is 10.2. The highest BCUT2D eigenvalue weighted by Crippen LogP contribution is 2.07. The SMILES string of the molecule is C=CCC(CC=C)OC(C)C. The molecule has 0 aromatic carbocycles. The van der Waals surface area contributed by atoms with E-state index in [-0.39, 0.29) is 6.10 Å². The maximum Gasteiger partial charge on any atom is 0.0647 e. The van der Waals surface area contributed by atoms with Crippen LogP contribution in [-0.2, 0) is 4.74 Å². The molecule has 0 spiro atoms. The van der Waals surface area contributed by atoms with Crippen molar-refractivity contribution in [2.45, 2.75) is 38.9 Å². The maximum atomic E-state index is 5.59. The first kappa shape index (κ1) is 10.4. The van der Waals surface area contributed by atoms with Crippen LogP contribution in [0, 0.1) is 0 Å². The average Bonchev–Trinajstić information content (AvgIpc) is 1.87. The Balaban J connectivity index is 3.67. The summed E-state index contributed by atoms with van der Waals surface area (Å²) in [4.78, 5) is 0. The Bertz CT molecular complexity index is 106. The standard InChI is InChI=1S/C10H18O/c1-5-7-10(8-6-2)11-9(3)4/h5-6,9-10H,1-2,7-8H2,3-4H3. The van der Waals surface area contributed by atoms with E-state index in [1.54, 1.807) is 0 Å². The molecule has 11 heavy (non-hydrogen) atoms. The van der Waals surface area contributed by atoms with Gasteiger partial charge in [-0.1, -0.05) is 12.2 Å². The Kier molecular flexibility index (Phi) is 5.86. The minimum atomic E-state index is 0.269. The van der Waals surface area contributed by atoms with E-state index in [0.717, 1.165) is 12.8 Å². The van der Waals surface area contributed by atoms with Gasteiger partial charge in [-0.2, -0.15) is 0 Å². The predicted molar refractivity (Wildman–Crippen MR) is 49.6 cm³/mol. The molecular weight excluding hydrogens is 136 g/mol. The number of hydrogen-bond acceptors (Lipinski definition) is 1. The van der Waals surface area contributed by atoms with Crippen molar-refractivity contribution in [3.8, 4) is 0 Å². The van der Waals surface area contributed by atoms with E-state index in [0.29, 0.717) is 6.10 Å². The summed E-state index contributed by atoms with van der Waals surface area (Å²) >= 11 is 0. The molecule has 1 heteroatoms. The van der Waals surface area contributed by atoms with Crippen LogP contribution in [0.1, 0.15) is 26.7 Å². The van der Waals surface area contributed by atoms with Crippen LogP contribution in [0.2, 0.25) is 0 Å². The van der Waals surface area contributed by atoms with Gasteiger partial charge in [0.2, 0.25) is 0 Å². The Morgan fingerprint density at radius 2 is 1.64 bits per heavy atom. The fourth-order valence-electron chi connectivity index (χ4n) is 0.964. The molecule has 0 aliphatic carbocycles. The fraction of sp³-hybridized carbons (Fsp3) is 0.600. The third-order valence-electron chi connectivity index (χ3n) is 1.32. The molecule has 0 aliphatic rings. The van der Waals surface area contributed by atoms with Gasteiger partial charge in [0.1, 0.15) is 0 Å². The van der Waals surface area contributed by atoms with Gasteiger partial charge in [0.15, 0.2) is 0 Å². The Hall–Kier alpha value is -0.560. The van der Waals surface area contributed by atoms with E-state index in [1.165, 1.54) is 0 Å². The van der Waals surface area contributed by atoms with E-state index in [4.69, 9.17) is 4.74 Å². The molecule has 0 atom stereocenters. The first-order chi connectivity index (χ1) is 5.20. The lowest BCUT2D eigenvalue weighted by Gasteiger charge is -2.17. The summed E-state index contributed by atoms with van der Waals surface area (Å²) in [5, 5.41) is 0. The third kappa shape index (κ3) is 5.86. The normalized spacial score (nSPS) is 10.5. The van der Waals surface area contributed by atoms with E-state index in [2.05, 4.69) is 13.2 Å². The molecule has 0 saturated heterocycles. The molecule has 0 saturated carbocycles. The molecule has 0 N–H and O–H groups in total. The summed E-state index contributed by atoms with van der Waals surface area (Å²) < 4.78 is 5.59. The summed E-state index contributed by atoms with van der Waals surface area (Å²) in [5.74, 6) is 0. The molecule has 0 bridgehead atoms. The second-order valence-corrected chi connectivity index (χ2v) is 2.86. The Labute approximate surface area is 69.8 Å². The first-order valence-corrected chi connectivity index (χ1v) is 4.08. The summed E-state index contributed by atoms with van der Waals surface area (Å²) in [6.45, 7) is 11.4. The monoisotopic (exact) mass is 154 g/mol. The lowest BCUT2D eigenvalue weighted by Crippen LogP contribution is -2.16. The zero-order chi connectivity index (χ0) is 8.69. The molecule has 0 fully saturated rings. The van der Waals surface area contributed by atoms with Crippen LogP contribution in [0.5, 0.6) is 0 Å². The summed E-state index contributed by atoms with van der Waals surface area (Å²) in [6, 6.07) is 0. The van der Waals surface area contributed by atoms with Crippen molar-refractivity contribution in [1.29, 1.82) is 0 Å². The summed E-state index contributed by atoms with van der Waals surface area (Å²) in [7, 11) is 0. The number of rotatable bonds is 6. The smallest absolute Gasteiger partial charge is 0.0647 e. The molecule has 0 aromatic heterocycles. The second-order valence-electron chi connectivity index (χ2n) is 2.86. The van der Waals surface area contributed by atoms with Crippen LogP contribution in [0.4, 0.5) is 0 Å². The average molecular weight is 154 g/mol. The molecule has 1 nitrogen and oxygen atoms in total. The topological polar surface area (TPSA) is 9.23 Å². The van der Waals surface area contributed by atoms with Crippen molar-refractivity contribution >= 4 is 0 Å². The van der Waals surface area contributed by atoms with Gasteiger partial charge in [-0.15, -0.1) is 13.2 Å². The van der Waals surface area contributed by atoms with Crippen molar-refractivity contribution in [2.75, 3.05) is 0 Å². The Morgan fingerprint density at radius 3 is 1.91 bits per heavy atom. The third-order valence-corrected chi connectivity index (χ3v) is 1.32. The quantitative estimate of drug-likeness (QED) is 0.534. The molecule has 0 aliphatic heterocycles. The van der Waals surface area contributed by atoms with Crippen LogP contribution < -0.4 is 0 Å². The second kappa shape index (κ2) is 6.17. The largest absolute Gasteiger partial charge is 0.375 e. The van der Waals surface area contributed by atoms with E-state index in [9.17, 15) is 0 Å². The zero-order valence-electron chi connectivity index (χ0n) is 7.55. The highest BCUT2D eigenvalue weighted by Gasteiger charge is 2.06. The molecular formula is C10H18O. The maximum absolute atomic E-state index is 5.59. The predicted octanol–water partition coefficient (Wildman–Crippen LogP) is 2.93. The van der Waals surface area contributed by atoms with Crippen molar-refractivity contribution in [1.82, 2.24) is 0 Å². The van der Waals surface area contributed by atoms with Crippen LogP contribution in [0.3, 0.4) is 0 Å². The van der Waals surface area contributed by atoms with Crippen molar-refractivity contribution in [3.63, 3.8) is 0 Å². The van der Waals surface area contributed by atoms with Gasteiger partial charge in [0.05, 0.1) is 12.2 Å². The van der Waals surface area contributed by atoms with Crippen LogP contribution in [0.25, 0.3) is 0 Å². The minimum absolute atomic E-state index is 0.269. The van der Waals surface area contributed by atoms with E-state index in [1.807, 2.05) is 26.0 Å². The highest BCUT2D eigenvalue weighted by molar-refractivity contribution is 4.80. The van der Waals surface area contributed by atoms with Gasteiger partial charge >= 0.3 is 0 Å². The van der Waals surface area contributed by atoms with Gasteiger partial charge in [-0.05, 0) is 26.7 Å². The van der Waals surface area contributed by atoms with Crippen LogP contribution in [0.15, 0.2) is 25.3 Å². The fourth-order valence-corrected chi connectivity index (χ4v) is 0.964. The Morgan fingerprint density at radius 1 is 1.18 bits per heavy atom. The van der Waals surface area contributed by atoms with Gasteiger partial charge in [0.25, 0.3) is 0 Å². The molecule has 64 valence electrons. The van der Waals surface area contributed by atoms with Crippen molar-refractivity contribution in [2.24, 2.45) is 0 Å². The molecule has 0 aromatic rings. The van der Waals surface area contributed by atoms with Gasteiger partial charge in [-0.3, -0.25) is 0 Å². The molecule has 0 amide bonds. The van der Waals surface area contributed by atoms with Crippen LogP contribution in [-0.4, -0.2) is 12.2 Å². The van der Waals surface area contributed by atoms with Gasteiger partial charge in [-0.25, -0.2) is 0 Å². The summed E-state index contributed by atoms with van der Waals surface area (Å²) in [5.41, 5.74) is 0. The zero-order valence-corrected chi connectivity index (χ0v) is 7.55. The lowest BCUT2D eigenvalue weighted by molar-refractivity contribution is 0.0118. The molecule has 0 heterocycles. The van der Waals surface area contributed by atoms with Crippen molar-refractivity contribution < 1.29 is 4.74 Å². The molecule has 0 radical (unpaired) electrons. The van der Waals surface area contributed by atoms with E-state index < -0.39 is 0 Å². The first-order valence-electron chi connectivity index (χ1n) is 4.08. The summed E-state index contributed by atoms with van der Waals surface area (Å²) in [6.07, 6.45) is 6.14. The van der Waals surface area contributed by atoms with E-state index >= 15 is 0 Å². The number of hydrogen-bond donors (Lipinski definition) is 0. The van der Waals surface area contributed by atoms with Crippen LogP contribution >= 0.6 is 0 Å². The molecule has 0 unspecified atom stereocenters. The van der Waals surface area contributed by atoms with Gasteiger partial charge in [0, 0.05) is 0 Å². The van der Waals surface area contributed by atoms with Crippen molar-refractivity contribution in [3.05, 3.63) is 25.3 Å². The highest BCUT2D eigenvalue weighted by atomic mass is 16.5. The van der Waals surface area contributed by atoms with Gasteiger partial charge < -0.3 is 4.74 Å². The molecule has 0 rings (SSSR count). The minimum Gasteiger partial charge on any atom is -0.375 e. The number of ether oxygens (including phenoxy) is 1.